The lowest BCUT2D eigenvalue weighted by Gasteiger charge is -2.40. The topological polar surface area (TPSA) is 34.3 Å². The second-order valence-corrected chi connectivity index (χ2v) is 9.29. The molecule has 128 valence electrons. The quantitative estimate of drug-likeness (QED) is 0.515. The number of hydrogen-bond donors (Lipinski definition) is 0. The lowest BCUT2D eigenvalue weighted by atomic mass is 9.72. The third-order valence-corrected chi connectivity index (χ3v) is 6.22. The fraction of sp³-hybridized carbons (Fsp3) is 1.00. The summed E-state index contributed by atoms with van der Waals surface area (Å²) in [5.41, 5.74) is 0.114. The predicted molar refractivity (Wildman–Crippen MR) is 88.5 cm³/mol. The molecule has 0 aromatic rings. The molecule has 0 aromatic heterocycles. The molecule has 6 atom stereocenters. The molecule has 3 rings (SSSR count). The van der Waals surface area contributed by atoms with E-state index in [0.29, 0.717) is 24.7 Å². The molecule has 0 aromatic carbocycles. The standard InChI is InChI=1S/C18H31ClO3/c1-12(19)11-20-17(4,9-7-14-16(2,3)21-14)13-6-8-18(5)15(10-13)22-18/h12-15H,6-11H2,1-5H3. The summed E-state index contributed by atoms with van der Waals surface area (Å²) in [4.78, 5) is 0. The number of halogens is 1. The molecule has 4 heteroatoms. The van der Waals surface area contributed by atoms with Crippen LogP contribution in [-0.4, -0.2) is 41.0 Å². The van der Waals surface area contributed by atoms with Gasteiger partial charge in [0.05, 0.1) is 41.0 Å². The Kier molecular flexibility index (Phi) is 4.34. The van der Waals surface area contributed by atoms with Gasteiger partial charge in [0.15, 0.2) is 0 Å². The molecule has 0 spiro atoms. The van der Waals surface area contributed by atoms with Crippen molar-refractivity contribution in [3.8, 4) is 0 Å². The summed E-state index contributed by atoms with van der Waals surface area (Å²) in [5, 5.41) is 0.0546. The molecule has 1 aliphatic carbocycles. The highest BCUT2D eigenvalue weighted by molar-refractivity contribution is 6.20. The van der Waals surface area contributed by atoms with Crippen LogP contribution in [0.25, 0.3) is 0 Å². The number of hydrogen-bond acceptors (Lipinski definition) is 3. The Labute approximate surface area is 140 Å². The van der Waals surface area contributed by atoms with E-state index in [-0.39, 0.29) is 22.2 Å². The van der Waals surface area contributed by atoms with Gasteiger partial charge in [-0.05, 0) is 72.6 Å². The summed E-state index contributed by atoms with van der Waals surface area (Å²) >= 11 is 6.13. The lowest BCUT2D eigenvalue weighted by Crippen LogP contribution is -2.43. The summed E-state index contributed by atoms with van der Waals surface area (Å²) < 4.78 is 18.0. The Morgan fingerprint density at radius 3 is 2.55 bits per heavy atom. The van der Waals surface area contributed by atoms with Crippen LogP contribution in [0.15, 0.2) is 0 Å². The Morgan fingerprint density at radius 1 is 1.32 bits per heavy atom. The lowest BCUT2D eigenvalue weighted by molar-refractivity contribution is -0.0890. The van der Waals surface area contributed by atoms with Gasteiger partial charge >= 0.3 is 0 Å². The largest absolute Gasteiger partial charge is 0.373 e. The van der Waals surface area contributed by atoms with Gasteiger partial charge in [0.25, 0.3) is 0 Å². The maximum Gasteiger partial charge on any atom is 0.0920 e. The van der Waals surface area contributed by atoms with Crippen LogP contribution in [0.5, 0.6) is 0 Å². The average Bonchev–Trinajstić information content (AvgIpc) is 3.27. The number of fused-ring (bicyclic) bond motifs is 1. The van der Waals surface area contributed by atoms with Crippen LogP contribution in [0.2, 0.25) is 0 Å². The first-order valence-corrected chi connectivity index (χ1v) is 9.22. The molecular formula is C18H31ClO3. The first kappa shape index (κ1) is 17.0. The first-order valence-electron chi connectivity index (χ1n) is 8.78. The van der Waals surface area contributed by atoms with Crippen molar-refractivity contribution >= 4 is 11.6 Å². The van der Waals surface area contributed by atoms with Gasteiger partial charge in [0.1, 0.15) is 0 Å². The van der Waals surface area contributed by atoms with Crippen molar-refractivity contribution in [3.63, 3.8) is 0 Å². The van der Waals surface area contributed by atoms with Crippen LogP contribution in [-0.2, 0) is 14.2 Å². The Morgan fingerprint density at radius 2 is 2.00 bits per heavy atom. The second kappa shape index (κ2) is 5.61. The fourth-order valence-corrected chi connectivity index (χ4v) is 4.12. The SMILES string of the molecule is CC(Cl)COC(C)(CCC1OC1(C)C)C1CCC2(C)OC2C1. The molecule has 0 radical (unpaired) electrons. The summed E-state index contributed by atoms with van der Waals surface area (Å²) in [6.07, 6.45) is 6.40. The summed E-state index contributed by atoms with van der Waals surface area (Å²) in [6.45, 7) is 11.5. The molecular weight excluding hydrogens is 300 g/mol. The van der Waals surface area contributed by atoms with E-state index in [1.54, 1.807) is 0 Å². The van der Waals surface area contributed by atoms with E-state index in [0.717, 1.165) is 25.7 Å². The van der Waals surface area contributed by atoms with E-state index in [9.17, 15) is 0 Å². The third-order valence-electron chi connectivity index (χ3n) is 6.10. The molecule has 3 nitrogen and oxygen atoms in total. The number of ether oxygens (including phenoxy) is 3. The Balaban J connectivity index is 1.60. The average molecular weight is 331 g/mol. The maximum absolute atomic E-state index is 6.33. The van der Waals surface area contributed by atoms with Gasteiger partial charge in [0, 0.05) is 0 Å². The smallest absolute Gasteiger partial charge is 0.0920 e. The Bertz CT molecular complexity index is 425. The van der Waals surface area contributed by atoms with Crippen molar-refractivity contribution in [3.05, 3.63) is 0 Å². The van der Waals surface area contributed by atoms with Gasteiger partial charge in [-0.3, -0.25) is 0 Å². The van der Waals surface area contributed by atoms with Crippen LogP contribution in [0.1, 0.15) is 66.7 Å². The van der Waals surface area contributed by atoms with Gasteiger partial charge in [-0.2, -0.15) is 0 Å². The molecule has 0 bridgehead atoms. The molecule has 3 fully saturated rings. The first-order chi connectivity index (χ1) is 10.1. The van der Waals surface area contributed by atoms with Crippen LogP contribution in [0, 0.1) is 5.92 Å². The van der Waals surface area contributed by atoms with Crippen molar-refractivity contribution in [1.29, 1.82) is 0 Å². The minimum Gasteiger partial charge on any atom is -0.373 e. The third kappa shape index (κ3) is 3.48. The van der Waals surface area contributed by atoms with Crippen molar-refractivity contribution in [2.75, 3.05) is 6.61 Å². The molecule has 6 unspecified atom stereocenters. The molecule has 2 aliphatic heterocycles. The van der Waals surface area contributed by atoms with Gasteiger partial charge < -0.3 is 14.2 Å². The van der Waals surface area contributed by atoms with Crippen molar-refractivity contribution in [1.82, 2.24) is 0 Å². The van der Waals surface area contributed by atoms with E-state index in [4.69, 9.17) is 25.8 Å². The molecule has 2 heterocycles. The van der Waals surface area contributed by atoms with E-state index in [2.05, 4.69) is 27.7 Å². The zero-order valence-electron chi connectivity index (χ0n) is 14.7. The molecule has 0 amide bonds. The molecule has 1 saturated carbocycles. The van der Waals surface area contributed by atoms with E-state index >= 15 is 0 Å². The molecule has 2 saturated heterocycles. The number of rotatable bonds is 7. The summed E-state index contributed by atoms with van der Waals surface area (Å²) in [6, 6.07) is 0. The van der Waals surface area contributed by atoms with Crippen LogP contribution in [0.3, 0.4) is 0 Å². The van der Waals surface area contributed by atoms with E-state index < -0.39 is 0 Å². The highest BCUT2D eigenvalue weighted by Gasteiger charge is 2.58. The van der Waals surface area contributed by atoms with Gasteiger partial charge in [0.2, 0.25) is 0 Å². The zero-order chi connectivity index (χ0) is 16.2. The molecule has 3 aliphatic rings. The van der Waals surface area contributed by atoms with Crippen LogP contribution >= 0.6 is 11.6 Å². The highest BCUT2D eigenvalue weighted by atomic mass is 35.5. The number of alkyl halides is 1. The van der Waals surface area contributed by atoms with E-state index in [1.165, 1.54) is 6.42 Å². The molecule has 22 heavy (non-hydrogen) atoms. The summed E-state index contributed by atoms with van der Waals surface area (Å²) in [7, 11) is 0. The van der Waals surface area contributed by atoms with Crippen molar-refractivity contribution < 1.29 is 14.2 Å². The number of epoxide rings is 2. The normalized spacial score (nSPS) is 43.1. The monoisotopic (exact) mass is 330 g/mol. The zero-order valence-corrected chi connectivity index (χ0v) is 15.4. The molecule has 0 N–H and O–H groups in total. The van der Waals surface area contributed by atoms with E-state index in [1.807, 2.05) is 6.92 Å². The fourth-order valence-electron chi connectivity index (χ4n) is 4.06. The van der Waals surface area contributed by atoms with Gasteiger partial charge in [-0.1, -0.05) is 0 Å². The van der Waals surface area contributed by atoms with Crippen molar-refractivity contribution in [2.45, 2.75) is 101 Å². The van der Waals surface area contributed by atoms with Gasteiger partial charge in [-0.25, -0.2) is 0 Å². The minimum absolute atomic E-state index is 0.0546. The van der Waals surface area contributed by atoms with Crippen LogP contribution < -0.4 is 0 Å². The second-order valence-electron chi connectivity index (χ2n) is 8.54. The minimum atomic E-state index is -0.113. The Hall–Kier alpha value is 0.170. The van der Waals surface area contributed by atoms with Crippen molar-refractivity contribution in [2.24, 2.45) is 5.92 Å². The van der Waals surface area contributed by atoms with Gasteiger partial charge in [-0.15, -0.1) is 11.6 Å². The maximum atomic E-state index is 6.33. The van der Waals surface area contributed by atoms with Crippen LogP contribution in [0.4, 0.5) is 0 Å². The predicted octanol–water partition coefficient (Wildman–Crippen LogP) is 4.30. The highest BCUT2D eigenvalue weighted by Crippen LogP contribution is 2.53. The summed E-state index contributed by atoms with van der Waals surface area (Å²) in [5.74, 6) is 0.561.